The lowest BCUT2D eigenvalue weighted by Gasteiger charge is -2.26. The van der Waals surface area contributed by atoms with Gasteiger partial charge in [-0.15, -0.1) is 0 Å². The molecule has 1 aliphatic rings. The highest BCUT2D eigenvalue weighted by Gasteiger charge is 2.30. The summed E-state index contributed by atoms with van der Waals surface area (Å²) in [4.78, 5) is 2.27. The summed E-state index contributed by atoms with van der Waals surface area (Å²) in [6.45, 7) is 5.45. The number of nitrogens with two attached hydrogens (primary N) is 1. The van der Waals surface area contributed by atoms with Crippen molar-refractivity contribution in [2.24, 2.45) is 5.73 Å². The van der Waals surface area contributed by atoms with Crippen LogP contribution in [0.1, 0.15) is 20.3 Å². The number of rotatable bonds is 2. The van der Waals surface area contributed by atoms with E-state index in [1.807, 2.05) is 0 Å². The van der Waals surface area contributed by atoms with Crippen LogP contribution in [0.5, 0.6) is 0 Å². The van der Waals surface area contributed by atoms with Gasteiger partial charge in [0.2, 0.25) is 0 Å². The van der Waals surface area contributed by atoms with Crippen LogP contribution in [0.25, 0.3) is 0 Å². The van der Waals surface area contributed by atoms with Crippen molar-refractivity contribution in [3.8, 4) is 0 Å². The maximum atomic E-state index is 9.01. The summed E-state index contributed by atoms with van der Waals surface area (Å²) in [5.41, 5.74) is 5.78. The van der Waals surface area contributed by atoms with Gasteiger partial charge in [0, 0.05) is 24.7 Å². The zero-order chi connectivity index (χ0) is 8.43. The molecule has 11 heavy (non-hydrogen) atoms. The largest absolute Gasteiger partial charge is 0.395 e. The first-order valence-corrected chi connectivity index (χ1v) is 4.27. The fraction of sp³-hybridized carbons (Fsp3) is 1.00. The second kappa shape index (κ2) is 3.52. The molecule has 1 aliphatic heterocycles. The van der Waals surface area contributed by atoms with Crippen LogP contribution in [0.3, 0.4) is 0 Å². The molecule has 0 bridgehead atoms. The van der Waals surface area contributed by atoms with E-state index in [4.69, 9.17) is 10.8 Å². The second-order valence-corrected chi connectivity index (χ2v) is 3.62. The molecular weight excluding hydrogens is 140 g/mol. The Morgan fingerprint density at radius 3 is 2.64 bits per heavy atom. The molecule has 3 heteroatoms. The molecule has 1 saturated heterocycles. The van der Waals surface area contributed by atoms with Crippen LogP contribution in [-0.2, 0) is 0 Å². The van der Waals surface area contributed by atoms with Crippen molar-refractivity contribution >= 4 is 0 Å². The van der Waals surface area contributed by atoms with E-state index in [0.717, 1.165) is 13.0 Å². The zero-order valence-corrected chi connectivity index (χ0v) is 7.33. The summed E-state index contributed by atoms with van der Waals surface area (Å²) in [6.07, 6.45) is 0.939. The maximum Gasteiger partial charge on any atom is 0.0587 e. The van der Waals surface area contributed by atoms with Gasteiger partial charge in [0.25, 0.3) is 0 Å². The molecule has 1 unspecified atom stereocenters. The molecule has 3 N–H and O–H groups in total. The van der Waals surface area contributed by atoms with Gasteiger partial charge >= 0.3 is 0 Å². The van der Waals surface area contributed by atoms with Gasteiger partial charge in [-0.05, 0) is 20.3 Å². The zero-order valence-electron chi connectivity index (χ0n) is 7.33. The summed E-state index contributed by atoms with van der Waals surface area (Å²) >= 11 is 0. The molecular formula is C8H18N2O. The topological polar surface area (TPSA) is 49.5 Å². The highest BCUT2D eigenvalue weighted by atomic mass is 16.3. The third kappa shape index (κ3) is 1.92. The average molecular weight is 158 g/mol. The van der Waals surface area contributed by atoms with Gasteiger partial charge in [0.15, 0.2) is 0 Å². The van der Waals surface area contributed by atoms with Gasteiger partial charge in [0.05, 0.1) is 6.61 Å². The van der Waals surface area contributed by atoms with Crippen molar-refractivity contribution in [1.29, 1.82) is 0 Å². The van der Waals surface area contributed by atoms with Crippen molar-refractivity contribution in [2.75, 3.05) is 13.2 Å². The Labute approximate surface area is 68.2 Å². The lowest BCUT2D eigenvalue weighted by molar-refractivity contribution is 0.132. The van der Waals surface area contributed by atoms with Crippen molar-refractivity contribution in [3.63, 3.8) is 0 Å². The SMILES string of the molecule is CC(C)N1CC(N)C[C@H]1CO. The molecule has 1 heterocycles. The Hall–Kier alpha value is -0.120. The molecule has 0 aromatic heterocycles. The molecule has 66 valence electrons. The normalized spacial score (nSPS) is 33.5. The van der Waals surface area contributed by atoms with Gasteiger partial charge in [0.1, 0.15) is 0 Å². The average Bonchev–Trinajstić information content (AvgIpc) is 2.30. The highest BCUT2D eigenvalue weighted by molar-refractivity contribution is 4.88. The number of likely N-dealkylation sites (tertiary alicyclic amines) is 1. The van der Waals surface area contributed by atoms with Crippen LogP contribution in [0.4, 0.5) is 0 Å². The minimum absolute atomic E-state index is 0.242. The number of aliphatic hydroxyl groups excluding tert-OH is 1. The molecule has 0 saturated carbocycles. The Bertz CT molecular complexity index is 127. The second-order valence-electron chi connectivity index (χ2n) is 3.62. The van der Waals surface area contributed by atoms with Crippen LogP contribution in [-0.4, -0.2) is 41.3 Å². The van der Waals surface area contributed by atoms with Crippen molar-refractivity contribution < 1.29 is 5.11 Å². The summed E-state index contributed by atoms with van der Waals surface area (Å²) in [5, 5.41) is 9.01. The number of nitrogens with zero attached hydrogens (tertiary/aromatic N) is 1. The van der Waals surface area contributed by atoms with Crippen LogP contribution in [0.15, 0.2) is 0 Å². The van der Waals surface area contributed by atoms with E-state index in [9.17, 15) is 0 Å². The van der Waals surface area contributed by atoms with E-state index >= 15 is 0 Å². The van der Waals surface area contributed by atoms with Crippen molar-refractivity contribution in [1.82, 2.24) is 4.90 Å². The predicted molar refractivity (Wildman–Crippen MR) is 45.3 cm³/mol. The predicted octanol–water partition coefficient (Wildman–Crippen LogP) is -0.211. The summed E-state index contributed by atoms with van der Waals surface area (Å²) in [5.74, 6) is 0. The molecule has 0 amide bonds. The minimum Gasteiger partial charge on any atom is -0.395 e. The van der Waals surface area contributed by atoms with Crippen molar-refractivity contribution in [2.45, 2.75) is 38.4 Å². The lowest BCUT2D eigenvalue weighted by Crippen LogP contribution is -2.38. The number of hydrogen-bond acceptors (Lipinski definition) is 3. The van der Waals surface area contributed by atoms with Gasteiger partial charge < -0.3 is 10.8 Å². The van der Waals surface area contributed by atoms with Gasteiger partial charge in [-0.25, -0.2) is 0 Å². The monoisotopic (exact) mass is 158 g/mol. The Balaban J connectivity index is 2.50. The van der Waals surface area contributed by atoms with E-state index in [-0.39, 0.29) is 12.6 Å². The first-order chi connectivity index (χ1) is 5.15. The maximum absolute atomic E-state index is 9.01. The molecule has 1 rings (SSSR count). The first-order valence-electron chi connectivity index (χ1n) is 4.27. The summed E-state index contributed by atoms with van der Waals surface area (Å²) in [6, 6.07) is 1.06. The van der Waals surface area contributed by atoms with Gasteiger partial charge in [-0.1, -0.05) is 0 Å². The van der Waals surface area contributed by atoms with E-state index < -0.39 is 0 Å². The number of aliphatic hydroxyl groups is 1. The van der Waals surface area contributed by atoms with E-state index in [1.54, 1.807) is 0 Å². The Kier molecular flexibility index (Phi) is 2.87. The highest BCUT2D eigenvalue weighted by Crippen LogP contribution is 2.18. The third-order valence-corrected chi connectivity index (χ3v) is 2.36. The van der Waals surface area contributed by atoms with E-state index in [1.165, 1.54) is 0 Å². The van der Waals surface area contributed by atoms with Gasteiger partial charge in [-0.3, -0.25) is 4.90 Å². The van der Waals surface area contributed by atoms with Gasteiger partial charge in [-0.2, -0.15) is 0 Å². The molecule has 0 aliphatic carbocycles. The quantitative estimate of drug-likeness (QED) is 0.584. The van der Waals surface area contributed by atoms with Crippen LogP contribution >= 0.6 is 0 Å². The van der Waals surface area contributed by atoms with E-state index in [0.29, 0.717) is 12.1 Å². The fourth-order valence-electron chi connectivity index (χ4n) is 1.79. The molecule has 0 radical (unpaired) electrons. The summed E-state index contributed by atoms with van der Waals surface area (Å²) in [7, 11) is 0. The smallest absolute Gasteiger partial charge is 0.0587 e. The van der Waals surface area contributed by atoms with Crippen LogP contribution < -0.4 is 5.73 Å². The van der Waals surface area contributed by atoms with Crippen molar-refractivity contribution in [3.05, 3.63) is 0 Å². The van der Waals surface area contributed by atoms with Crippen LogP contribution in [0.2, 0.25) is 0 Å². The molecule has 2 atom stereocenters. The number of hydrogen-bond donors (Lipinski definition) is 2. The lowest BCUT2D eigenvalue weighted by atomic mass is 10.2. The molecule has 0 aromatic rings. The standard InChI is InChI=1S/C8H18N2O/c1-6(2)10-4-7(9)3-8(10)5-11/h6-8,11H,3-5,9H2,1-2H3/t7?,8-/m0/s1. The molecule has 1 fully saturated rings. The minimum atomic E-state index is 0.242. The third-order valence-electron chi connectivity index (χ3n) is 2.36. The summed E-state index contributed by atoms with van der Waals surface area (Å²) < 4.78 is 0. The first kappa shape index (κ1) is 8.97. The Morgan fingerprint density at radius 2 is 2.27 bits per heavy atom. The van der Waals surface area contributed by atoms with Crippen LogP contribution in [0, 0.1) is 0 Å². The van der Waals surface area contributed by atoms with E-state index in [2.05, 4.69) is 18.7 Å². The molecule has 0 spiro atoms. The Morgan fingerprint density at radius 1 is 1.64 bits per heavy atom. The fourth-order valence-corrected chi connectivity index (χ4v) is 1.79. The molecule has 3 nitrogen and oxygen atoms in total. The molecule has 0 aromatic carbocycles.